The number of nitrogens with zero attached hydrogens (tertiary/aromatic N) is 4. The van der Waals surface area contributed by atoms with Crippen LogP contribution in [0.5, 0.6) is 0 Å². The second-order valence-corrected chi connectivity index (χ2v) is 8.06. The van der Waals surface area contributed by atoms with Gasteiger partial charge in [-0.15, -0.1) is 0 Å². The van der Waals surface area contributed by atoms with Gasteiger partial charge in [-0.25, -0.2) is 0 Å². The number of carbonyl (C=O) groups excluding carboxylic acids is 1. The number of likely N-dealkylation sites (tertiary alicyclic amines) is 2. The van der Waals surface area contributed by atoms with Crippen LogP contribution < -0.4 is 0 Å². The molecule has 2 aromatic rings. The van der Waals surface area contributed by atoms with Gasteiger partial charge in [0, 0.05) is 56.1 Å². The molecule has 3 heterocycles. The summed E-state index contributed by atoms with van der Waals surface area (Å²) in [5.41, 5.74) is 1.16. The molecule has 150 valence electrons. The maximum absolute atomic E-state index is 12.5. The van der Waals surface area contributed by atoms with E-state index in [0.29, 0.717) is 30.6 Å². The lowest BCUT2D eigenvalue weighted by atomic mass is 9.77. The van der Waals surface area contributed by atoms with Crippen molar-refractivity contribution >= 4 is 5.91 Å². The molecule has 0 N–H and O–H groups in total. The van der Waals surface area contributed by atoms with Gasteiger partial charge in [-0.1, -0.05) is 35.5 Å². The fourth-order valence-corrected chi connectivity index (χ4v) is 4.42. The minimum absolute atomic E-state index is 0.168. The molecule has 0 saturated carbocycles. The Labute approximate surface area is 165 Å². The monoisotopic (exact) mass is 384 g/mol. The van der Waals surface area contributed by atoms with Crippen molar-refractivity contribution in [1.82, 2.24) is 19.9 Å². The molecule has 4 rings (SSSR count). The Morgan fingerprint density at radius 1 is 1.29 bits per heavy atom. The number of hydrogen-bond acceptors (Lipinski definition) is 6. The fourth-order valence-electron chi connectivity index (χ4n) is 4.42. The van der Waals surface area contributed by atoms with Crippen molar-refractivity contribution in [1.29, 1.82) is 0 Å². The van der Waals surface area contributed by atoms with Crippen LogP contribution in [-0.4, -0.2) is 71.8 Å². The Bertz CT molecular complexity index is 801. The zero-order valence-electron chi connectivity index (χ0n) is 16.6. The van der Waals surface area contributed by atoms with Crippen LogP contribution in [0.1, 0.15) is 25.7 Å². The van der Waals surface area contributed by atoms with Gasteiger partial charge in [0.15, 0.2) is 0 Å². The van der Waals surface area contributed by atoms with Gasteiger partial charge >= 0.3 is 0 Å². The van der Waals surface area contributed by atoms with E-state index >= 15 is 0 Å². The normalized spacial score (nSPS) is 21.2. The Hall–Kier alpha value is -2.25. The highest BCUT2D eigenvalue weighted by atomic mass is 16.5. The van der Waals surface area contributed by atoms with Crippen molar-refractivity contribution in [2.24, 2.45) is 5.41 Å². The summed E-state index contributed by atoms with van der Waals surface area (Å²) in [4.78, 5) is 21.3. The van der Waals surface area contributed by atoms with Gasteiger partial charge in [0.25, 0.3) is 0 Å². The number of aryl methyl sites for hydroxylation is 1. The third-order valence-electron chi connectivity index (χ3n) is 5.85. The van der Waals surface area contributed by atoms with Crippen LogP contribution in [0.4, 0.5) is 0 Å². The van der Waals surface area contributed by atoms with Crippen molar-refractivity contribution in [3.63, 3.8) is 0 Å². The molecule has 0 bridgehead atoms. The molecule has 2 aliphatic rings. The first-order valence-corrected chi connectivity index (χ1v) is 10.0. The third kappa shape index (κ3) is 3.95. The van der Waals surface area contributed by atoms with Gasteiger partial charge in [0.05, 0.1) is 6.61 Å². The summed E-state index contributed by atoms with van der Waals surface area (Å²) < 4.78 is 10.9. The second-order valence-electron chi connectivity index (χ2n) is 8.06. The number of aromatic nitrogens is 2. The number of benzene rings is 1. The molecular formula is C21H28N4O3. The summed E-state index contributed by atoms with van der Waals surface area (Å²) in [6, 6.07) is 10.2. The Morgan fingerprint density at radius 3 is 2.82 bits per heavy atom. The summed E-state index contributed by atoms with van der Waals surface area (Å²) in [5.74, 6) is 1.25. The zero-order valence-corrected chi connectivity index (χ0v) is 16.6. The van der Waals surface area contributed by atoms with E-state index in [9.17, 15) is 4.79 Å². The van der Waals surface area contributed by atoms with Gasteiger partial charge in [-0.05, 0) is 20.4 Å². The lowest BCUT2D eigenvalue weighted by Gasteiger charge is -2.48. The number of carbonyl (C=O) groups is 1. The van der Waals surface area contributed by atoms with E-state index in [4.69, 9.17) is 9.26 Å². The molecule has 1 aromatic carbocycles. The Balaban J connectivity index is 1.25. The van der Waals surface area contributed by atoms with E-state index in [-0.39, 0.29) is 11.3 Å². The molecule has 1 amide bonds. The molecule has 0 aliphatic carbocycles. The van der Waals surface area contributed by atoms with Crippen molar-refractivity contribution in [2.75, 3.05) is 39.9 Å². The molecule has 7 nitrogen and oxygen atoms in total. The van der Waals surface area contributed by atoms with E-state index in [1.54, 1.807) is 0 Å². The van der Waals surface area contributed by atoms with E-state index in [1.165, 1.54) is 0 Å². The van der Waals surface area contributed by atoms with Crippen molar-refractivity contribution in [2.45, 2.75) is 32.2 Å². The third-order valence-corrected chi connectivity index (χ3v) is 5.85. The topological polar surface area (TPSA) is 71.7 Å². The molecule has 0 radical (unpaired) electrons. The number of hydrogen-bond donors (Lipinski definition) is 0. The average molecular weight is 384 g/mol. The molecule has 7 heteroatoms. The molecular weight excluding hydrogens is 356 g/mol. The highest BCUT2D eigenvalue weighted by molar-refractivity contribution is 5.77. The quantitative estimate of drug-likeness (QED) is 0.729. The predicted molar refractivity (Wildman–Crippen MR) is 105 cm³/mol. The zero-order chi connectivity index (χ0) is 19.6. The number of likely N-dealkylation sites (N-methyl/N-ethyl adjacent to an activating group) is 1. The fraction of sp³-hybridized carbons (Fsp3) is 0.571. The van der Waals surface area contributed by atoms with E-state index in [2.05, 4.69) is 22.1 Å². The smallest absolute Gasteiger partial charge is 0.227 e. The van der Waals surface area contributed by atoms with Gasteiger partial charge in [-0.3, -0.25) is 4.79 Å². The largest absolute Gasteiger partial charge is 0.380 e. The summed E-state index contributed by atoms with van der Waals surface area (Å²) in [6.07, 6.45) is 2.00. The van der Waals surface area contributed by atoms with Crippen molar-refractivity contribution in [3.8, 4) is 11.4 Å². The Kier molecular flexibility index (Phi) is 5.46. The second kappa shape index (κ2) is 8.01. The van der Waals surface area contributed by atoms with E-state index < -0.39 is 0 Å². The molecule has 28 heavy (non-hydrogen) atoms. The van der Waals surface area contributed by atoms with Gasteiger partial charge < -0.3 is 19.1 Å². The highest BCUT2D eigenvalue weighted by Crippen LogP contribution is 2.42. The lowest BCUT2D eigenvalue weighted by molar-refractivity contribution is -0.142. The van der Waals surface area contributed by atoms with Crippen LogP contribution in [0.2, 0.25) is 0 Å². The standard InChI is InChI=1S/C21H28N4O3/c1-3-27-12-17-11-21(13-24(17)2)14-25(15-21)19(26)10-9-18-22-20(23-28-18)16-7-5-4-6-8-16/h4-8,17H,3,9-15H2,1-2H3. The first-order valence-electron chi connectivity index (χ1n) is 10.0. The summed E-state index contributed by atoms with van der Waals surface area (Å²) in [6.45, 7) is 6.29. The van der Waals surface area contributed by atoms with Crippen LogP contribution in [0.25, 0.3) is 11.4 Å². The first-order chi connectivity index (χ1) is 13.6. The maximum atomic E-state index is 12.5. The molecule has 2 saturated heterocycles. The summed E-state index contributed by atoms with van der Waals surface area (Å²) in [7, 11) is 2.16. The van der Waals surface area contributed by atoms with Crippen LogP contribution in [0.3, 0.4) is 0 Å². The minimum Gasteiger partial charge on any atom is -0.380 e. The minimum atomic E-state index is 0.168. The van der Waals surface area contributed by atoms with Crippen LogP contribution >= 0.6 is 0 Å². The number of ether oxygens (including phenoxy) is 1. The van der Waals surface area contributed by atoms with Crippen molar-refractivity contribution in [3.05, 3.63) is 36.2 Å². The Morgan fingerprint density at radius 2 is 2.07 bits per heavy atom. The summed E-state index contributed by atoms with van der Waals surface area (Å²) in [5, 5.41) is 4.01. The summed E-state index contributed by atoms with van der Waals surface area (Å²) >= 11 is 0. The van der Waals surface area contributed by atoms with Gasteiger partial charge in [-0.2, -0.15) is 4.98 Å². The molecule has 1 atom stereocenters. The van der Waals surface area contributed by atoms with E-state index in [0.717, 1.165) is 44.8 Å². The SMILES string of the molecule is CCOCC1CC2(CN(C(=O)CCc3nc(-c4ccccc4)no3)C2)CN1C. The van der Waals surface area contributed by atoms with E-state index in [1.807, 2.05) is 42.2 Å². The molecule has 1 unspecified atom stereocenters. The highest BCUT2D eigenvalue weighted by Gasteiger charge is 2.51. The predicted octanol–water partition coefficient (Wildman–Crippen LogP) is 2.24. The number of rotatable bonds is 7. The van der Waals surface area contributed by atoms with Crippen LogP contribution in [0.15, 0.2) is 34.9 Å². The lowest BCUT2D eigenvalue weighted by Crippen LogP contribution is -2.59. The molecule has 2 aliphatic heterocycles. The number of amides is 1. The van der Waals surface area contributed by atoms with Crippen molar-refractivity contribution < 1.29 is 14.1 Å². The van der Waals surface area contributed by atoms with Gasteiger partial charge in [0.1, 0.15) is 0 Å². The van der Waals surface area contributed by atoms with Gasteiger partial charge in [0.2, 0.25) is 17.6 Å². The maximum Gasteiger partial charge on any atom is 0.227 e. The van der Waals surface area contributed by atoms with Crippen LogP contribution in [0, 0.1) is 5.41 Å². The first kappa shape index (κ1) is 19.1. The van der Waals surface area contributed by atoms with Crippen LogP contribution in [-0.2, 0) is 16.0 Å². The molecule has 1 spiro atoms. The molecule has 2 fully saturated rings. The average Bonchev–Trinajstić information content (AvgIpc) is 3.29. The molecule has 1 aromatic heterocycles.